The Hall–Kier alpha value is -3.40. The molecule has 0 spiro atoms. The molecule has 4 heteroatoms. The number of hydrogen-bond acceptors (Lipinski definition) is 3. The van der Waals surface area contributed by atoms with Crippen LogP contribution in [0.3, 0.4) is 0 Å². The Balaban J connectivity index is 1.61. The van der Waals surface area contributed by atoms with Gasteiger partial charge in [-0.1, -0.05) is 48.5 Å². The molecule has 0 amide bonds. The van der Waals surface area contributed by atoms with E-state index in [1.165, 1.54) is 5.56 Å². The first-order valence-corrected chi connectivity index (χ1v) is 9.02. The quantitative estimate of drug-likeness (QED) is 0.483. The number of carbonyl (C=O) groups excluding carboxylic acids is 1. The number of benzene rings is 3. The highest BCUT2D eigenvalue weighted by Crippen LogP contribution is 2.25. The van der Waals surface area contributed by atoms with Crippen molar-refractivity contribution in [3.63, 3.8) is 0 Å². The molecule has 0 saturated heterocycles. The maximum Gasteiger partial charge on any atom is 0.310 e. The van der Waals surface area contributed by atoms with E-state index in [0.717, 1.165) is 27.8 Å². The fourth-order valence-corrected chi connectivity index (χ4v) is 3.18. The number of esters is 1. The van der Waals surface area contributed by atoms with E-state index < -0.39 is 0 Å². The van der Waals surface area contributed by atoms with Crippen LogP contribution >= 0.6 is 0 Å². The monoisotopic (exact) mass is 356 g/mol. The molecule has 0 atom stereocenters. The highest BCUT2D eigenvalue weighted by Gasteiger charge is 2.08. The van der Waals surface area contributed by atoms with E-state index in [2.05, 4.69) is 39.9 Å². The molecule has 4 nitrogen and oxygen atoms in total. The van der Waals surface area contributed by atoms with Gasteiger partial charge in [0.25, 0.3) is 0 Å². The standard InChI is InChI=1S/C23H20N2O2/c1-2-27-23(26)14-17-8-11-20(12-9-17)25-16-24-21-15-19(10-13-22(21)25)18-6-4-3-5-7-18/h3-13,15-16H,2,14H2,1H3. The molecular weight excluding hydrogens is 336 g/mol. The molecule has 1 heterocycles. The third-order valence-electron chi connectivity index (χ3n) is 4.52. The van der Waals surface area contributed by atoms with Gasteiger partial charge in [-0.25, -0.2) is 4.98 Å². The molecule has 0 aliphatic rings. The zero-order chi connectivity index (χ0) is 18.6. The molecule has 134 valence electrons. The van der Waals surface area contributed by atoms with Gasteiger partial charge >= 0.3 is 5.97 Å². The first kappa shape index (κ1) is 17.0. The third kappa shape index (κ3) is 3.60. The summed E-state index contributed by atoms with van der Waals surface area (Å²) >= 11 is 0. The van der Waals surface area contributed by atoms with Crippen molar-refractivity contribution in [1.29, 1.82) is 0 Å². The van der Waals surface area contributed by atoms with Crippen LogP contribution in [0.1, 0.15) is 12.5 Å². The molecule has 0 saturated carbocycles. The summed E-state index contributed by atoms with van der Waals surface area (Å²) in [5, 5.41) is 0. The van der Waals surface area contributed by atoms with Crippen molar-refractivity contribution in [2.75, 3.05) is 6.61 Å². The van der Waals surface area contributed by atoms with Crippen LogP contribution in [0.4, 0.5) is 0 Å². The van der Waals surface area contributed by atoms with Gasteiger partial charge in [-0.2, -0.15) is 0 Å². The molecule has 0 fully saturated rings. The van der Waals surface area contributed by atoms with E-state index in [1.807, 2.05) is 55.7 Å². The van der Waals surface area contributed by atoms with Gasteiger partial charge in [0.1, 0.15) is 6.33 Å². The van der Waals surface area contributed by atoms with Gasteiger partial charge in [-0.3, -0.25) is 9.36 Å². The molecule has 4 rings (SSSR count). The number of rotatable bonds is 5. The average Bonchev–Trinajstić information content (AvgIpc) is 3.13. The van der Waals surface area contributed by atoms with E-state index in [1.54, 1.807) is 0 Å². The molecule has 0 aliphatic carbocycles. The molecule has 4 aromatic rings. The summed E-state index contributed by atoms with van der Waals surface area (Å²) in [6.07, 6.45) is 2.12. The molecular formula is C23H20N2O2. The first-order chi connectivity index (χ1) is 13.2. The number of nitrogens with zero attached hydrogens (tertiary/aromatic N) is 2. The minimum atomic E-state index is -0.202. The van der Waals surface area contributed by atoms with Crippen molar-refractivity contribution in [3.8, 4) is 16.8 Å². The van der Waals surface area contributed by atoms with Gasteiger partial charge in [0.15, 0.2) is 0 Å². The summed E-state index contributed by atoms with van der Waals surface area (Å²) < 4.78 is 7.05. The normalized spacial score (nSPS) is 10.9. The van der Waals surface area contributed by atoms with Crippen molar-refractivity contribution >= 4 is 17.0 Å². The van der Waals surface area contributed by atoms with E-state index in [9.17, 15) is 4.79 Å². The Kier molecular flexibility index (Phi) is 4.71. The smallest absolute Gasteiger partial charge is 0.310 e. The fraction of sp³-hybridized carbons (Fsp3) is 0.130. The summed E-state index contributed by atoms with van der Waals surface area (Å²) in [7, 11) is 0. The van der Waals surface area contributed by atoms with Crippen LogP contribution in [0.5, 0.6) is 0 Å². The zero-order valence-electron chi connectivity index (χ0n) is 15.1. The SMILES string of the molecule is CCOC(=O)Cc1ccc(-n2cnc3cc(-c4ccccc4)ccc32)cc1. The molecule has 1 aromatic heterocycles. The Morgan fingerprint density at radius 3 is 2.48 bits per heavy atom. The van der Waals surface area contributed by atoms with Gasteiger partial charge < -0.3 is 4.74 Å². The van der Waals surface area contributed by atoms with Gasteiger partial charge in [0.05, 0.1) is 24.1 Å². The van der Waals surface area contributed by atoms with Crippen LogP contribution in [0, 0.1) is 0 Å². The second-order valence-electron chi connectivity index (χ2n) is 6.33. The number of carbonyl (C=O) groups is 1. The van der Waals surface area contributed by atoms with E-state index >= 15 is 0 Å². The summed E-state index contributed by atoms with van der Waals surface area (Å²) in [6.45, 7) is 2.22. The number of aromatic nitrogens is 2. The number of hydrogen-bond donors (Lipinski definition) is 0. The van der Waals surface area contributed by atoms with E-state index in [4.69, 9.17) is 4.74 Å². The Labute approximate surface area is 158 Å². The van der Waals surface area contributed by atoms with E-state index in [0.29, 0.717) is 13.0 Å². The Morgan fingerprint density at radius 1 is 0.963 bits per heavy atom. The predicted molar refractivity (Wildman–Crippen MR) is 107 cm³/mol. The fourth-order valence-electron chi connectivity index (χ4n) is 3.18. The Bertz CT molecular complexity index is 1070. The molecule has 0 aliphatic heterocycles. The topological polar surface area (TPSA) is 44.1 Å². The zero-order valence-corrected chi connectivity index (χ0v) is 15.1. The number of ether oxygens (including phenoxy) is 1. The molecule has 3 aromatic carbocycles. The lowest BCUT2D eigenvalue weighted by molar-refractivity contribution is -0.142. The van der Waals surface area contributed by atoms with Gasteiger partial charge in [-0.05, 0) is 47.9 Å². The van der Waals surface area contributed by atoms with Gasteiger partial charge in [-0.15, -0.1) is 0 Å². The van der Waals surface area contributed by atoms with Crippen LogP contribution in [-0.2, 0) is 16.0 Å². The third-order valence-corrected chi connectivity index (χ3v) is 4.52. The van der Waals surface area contributed by atoms with Crippen LogP contribution in [0.2, 0.25) is 0 Å². The Morgan fingerprint density at radius 2 is 1.74 bits per heavy atom. The molecule has 0 N–H and O–H groups in total. The van der Waals surface area contributed by atoms with Crippen molar-refractivity contribution in [2.45, 2.75) is 13.3 Å². The average molecular weight is 356 g/mol. The first-order valence-electron chi connectivity index (χ1n) is 9.02. The lowest BCUT2D eigenvalue weighted by Gasteiger charge is -2.07. The minimum absolute atomic E-state index is 0.202. The minimum Gasteiger partial charge on any atom is -0.466 e. The second kappa shape index (κ2) is 7.46. The van der Waals surface area contributed by atoms with Gasteiger partial charge in [0, 0.05) is 5.69 Å². The molecule has 0 unspecified atom stereocenters. The van der Waals surface area contributed by atoms with Crippen LogP contribution in [-0.4, -0.2) is 22.1 Å². The lowest BCUT2D eigenvalue weighted by Crippen LogP contribution is -2.07. The lowest BCUT2D eigenvalue weighted by atomic mass is 10.1. The summed E-state index contributed by atoms with van der Waals surface area (Å²) in [6, 6.07) is 24.5. The highest BCUT2D eigenvalue weighted by atomic mass is 16.5. The van der Waals surface area contributed by atoms with Crippen LogP contribution < -0.4 is 0 Å². The predicted octanol–water partition coefficient (Wildman–Crippen LogP) is 4.80. The van der Waals surface area contributed by atoms with Crippen molar-refractivity contribution < 1.29 is 9.53 Å². The number of fused-ring (bicyclic) bond motifs is 1. The second-order valence-corrected chi connectivity index (χ2v) is 6.33. The maximum absolute atomic E-state index is 11.6. The van der Waals surface area contributed by atoms with Crippen molar-refractivity contribution in [1.82, 2.24) is 9.55 Å². The molecule has 0 bridgehead atoms. The summed E-state index contributed by atoms with van der Waals surface area (Å²) in [5.41, 5.74) is 6.28. The van der Waals surface area contributed by atoms with Crippen molar-refractivity contribution in [2.24, 2.45) is 0 Å². The maximum atomic E-state index is 11.6. The number of imidazole rings is 1. The molecule has 0 radical (unpaired) electrons. The highest BCUT2D eigenvalue weighted by molar-refractivity contribution is 5.83. The summed E-state index contributed by atoms with van der Waals surface area (Å²) in [5.74, 6) is -0.202. The van der Waals surface area contributed by atoms with Crippen molar-refractivity contribution in [3.05, 3.63) is 84.7 Å². The van der Waals surface area contributed by atoms with Gasteiger partial charge in [0.2, 0.25) is 0 Å². The van der Waals surface area contributed by atoms with Crippen LogP contribution in [0.25, 0.3) is 27.8 Å². The summed E-state index contributed by atoms with van der Waals surface area (Å²) in [4.78, 5) is 16.2. The molecule has 27 heavy (non-hydrogen) atoms. The van der Waals surface area contributed by atoms with Crippen LogP contribution in [0.15, 0.2) is 79.1 Å². The largest absolute Gasteiger partial charge is 0.466 e. The van der Waals surface area contributed by atoms with E-state index in [-0.39, 0.29) is 5.97 Å².